The maximum atomic E-state index is 9.91. The van der Waals surface area contributed by atoms with E-state index in [1.807, 2.05) is 24.3 Å². The van der Waals surface area contributed by atoms with Gasteiger partial charge in [0.2, 0.25) is 0 Å². The Morgan fingerprint density at radius 3 is 2.45 bits per heavy atom. The summed E-state index contributed by atoms with van der Waals surface area (Å²) in [5, 5.41) is 19.7. The van der Waals surface area contributed by atoms with E-state index in [0.29, 0.717) is 12.2 Å². The van der Waals surface area contributed by atoms with Gasteiger partial charge in [0, 0.05) is 0 Å². The average molecular weight is 392 g/mol. The molecule has 110 valence electrons. The van der Waals surface area contributed by atoms with E-state index in [0.717, 1.165) is 11.3 Å². The second-order valence-electron chi connectivity index (χ2n) is 4.55. The monoisotopic (exact) mass is 392 g/mol. The molecule has 1 aromatic carbocycles. The molecule has 0 heterocycles. The predicted molar refractivity (Wildman–Crippen MR) is 81.6 cm³/mol. The van der Waals surface area contributed by atoms with Crippen molar-refractivity contribution in [2.45, 2.75) is 24.9 Å². The molecule has 6 heteroatoms. The molecule has 0 aromatic heterocycles. The van der Waals surface area contributed by atoms with Crippen LogP contribution in [0.15, 0.2) is 35.9 Å². The van der Waals surface area contributed by atoms with Crippen molar-refractivity contribution in [3.8, 4) is 5.75 Å². The van der Waals surface area contributed by atoms with Crippen molar-refractivity contribution in [1.29, 1.82) is 0 Å². The summed E-state index contributed by atoms with van der Waals surface area (Å²) < 4.78 is 15.7. The Morgan fingerprint density at radius 2 is 1.85 bits per heavy atom. The minimum atomic E-state index is -0.949. The molecule has 0 saturated heterocycles. The Hall–Kier alpha value is -0.670. The molecule has 0 radical (unpaired) electrons. The molecular formula is C14H17IO5. The van der Waals surface area contributed by atoms with Gasteiger partial charge in [-0.1, -0.05) is 12.1 Å². The van der Waals surface area contributed by atoms with Crippen molar-refractivity contribution < 1.29 is 22.8 Å². The molecule has 0 bridgehead atoms. The predicted octanol–water partition coefficient (Wildman–Crippen LogP) is 1.61. The SMILES string of the molecule is COc1ccc(CO[C@H]2C=C(COI)[C@H](O)C2O)cc1. The van der Waals surface area contributed by atoms with E-state index >= 15 is 0 Å². The lowest BCUT2D eigenvalue weighted by Crippen LogP contribution is -2.33. The summed E-state index contributed by atoms with van der Waals surface area (Å²) in [4.78, 5) is 0. The highest BCUT2D eigenvalue weighted by atomic mass is 127. The number of aliphatic hydroxyl groups is 2. The van der Waals surface area contributed by atoms with Crippen molar-refractivity contribution in [2.24, 2.45) is 0 Å². The summed E-state index contributed by atoms with van der Waals surface area (Å²) in [5.74, 6) is 0.784. The molecule has 3 atom stereocenters. The Labute approximate surface area is 131 Å². The van der Waals surface area contributed by atoms with Crippen LogP contribution in [0.2, 0.25) is 0 Å². The number of halogens is 1. The zero-order valence-corrected chi connectivity index (χ0v) is 13.2. The fourth-order valence-electron chi connectivity index (χ4n) is 2.06. The van der Waals surface area contributed by atoms with Crippen LogP contribution >= 0.6 is 23.0 Å². The van der Waals surface area contributed by atoms with Crippen molar-refractivity contribution in [1.82, 2.24) is 0 Å². The smallest absolute Gasteiger partial charge is 0.118 e. The maximum absolute atomic E-state index is 9.91. The van der Waals surface area contributed by atoms with Gasteiger partial charge in [-0.15, -0.1) is 0 Å². The van der Waals surface area contributed by atoms with Gasteiger partial charge in [0.05, 0.1) is 20.3 Å². The van der Waals surface area contributed by atoms with Gasteiger partial charge in [0.15, 0.2) is 0 Å². The summed E-state index contributed by atoms with van der Waals surface area (Å²) in [6.45, 7) is 0.633. The van der Waals surface area contributed by atoms with Crippen molar-refractivity contribution in [3.05, 3.63) is 41.5 Å². The topological polar surface area (TPSA) is 68.2 Å². The summed E-state index contributed by atoms with van der Waals surface area (Å²) >= 11 is 1.75. The largest absolute Gasteiger partial charge is 0.497 e. The molecule has 2 rings (SSSR count). The number of hydrogen-bond acceptors (Lipinski definition) is 5. The number of rotatable bonds is 6. The van der Waals surface area contributed by atoms with Crippen LogP contribution in [0, 0.1) is 0 Å². The van der Waals surface area contributed by atoms with E-state index in [1.54, 1.807) is 36.2 Å². The summed E-state index contributed by atoms with van der Waals surface area (Å²) in [6.07, 6.45) is -0.675. The molecule has 0 fully saturated rings. The fraction of sp³-hybridized carbons (Fsp3) is 0.429. The van der Waals surface area contributed by atoms with Gasteiger partial charge in [0.25, 0.3) is 0 Å². The third kappa shape index (κ3) is 3.70. The van der Waals surface area contributed by atoms with Crippen LogP contribution in [0.25, 0.3) is 0 Å². The van der Waals surface area contributed by atoms with Crippen molar-refractivity contribution >= 4 is 23.0 Å². The standard InChI is InChI=1S/C14H17IO5/c1-18-11-4-2-9(3-5-11)7-19-12-6-10(8-20-15)13(16)14(12)17/h2-6,12-14,16-17H,7-8H2,1H3/t12-,13-,14?/m0/s1. The van der Waals surface area contributed by atoms with Gasteiger partial charge in [0.1, 0.15) is 47.1 Å². The number of hydrogen-bond donors (Lipinski definition) is 2. The van der Waals surface area contributed by atoms with E-state index in [-0.39, 0.29) is 6.61 Å². The van der Waals surface area contributed by atoms with Crippen LogP contribution in [-0.2, 0) is 14.4 Å². The van der Waals surface area contributed by atoms with Gasteiger partial charge in [-0.05, 0) is 29.3 Å². The van der Waals surface area contributed by atoms with Gasteiger partial charge in [-0.25, -0.2) is 0 Å². The first-order valence-corrected chi connectivity index (χ1v) is 7.08. The zero-order chi connectivity index (χ0) is 14.5. The molecule has 5 nitrogen and oxygen atoms in total. The lowest BCUT2D eigenvalue weighted by atomic mass is 10.1. The normalized spacial score (nSPS) is 25.6. The number of benzene rings is 1. The van der Waals surface area contributed by atoms with Crippen LogP contribution in [-0.4, -0.2) is 42.2 Å². The second kappa shape index (κ2) is 7.37. The molecule has 0 aliphatic heterocycles. The molecular weight excluding hydrogens is 375 g/mol. The lowest BCUT2D eigenvalue weighted by molar-refractivity contribution is -0.0515. The summed E-state index contributed by atoms with van der Waals surface area (Å²) in [6, 6.07) is 7.50. The summed E-state index contributed by atoms with van der Waals surface area (Å²) in [5.41, 5.74) is 1.62. The van der Waals surface area contributed by atoms with Crippen LogP contribution in [0.4, 0.5) is 0 Å². The first-order chi connectivity index (χ1) is 9.65. The zero-order valence-electron chi connectivity index (χ0n) is 11.0. The van der Waals surface area contributed by atoms with Gasteiger partial charge in [-0.2, -0.15) is 0 Å². The quantitative estimate of drug-likeness (QED) is 0.569. The number of methoxy groups -OCH3 is 1. The van der Waals surface area contributed by atoms with Crippen LogP contribution in [0.1, 0.15) is 5.56 Å². The Morgan fingerprint density at radius 1 is 1.15 bits per heavy atom. The molecule has 0 spiro atoms. The van der Waals surface area contributed by atoms with Crippen LogP contribution < -0.4 is 4.74 Å². The fourth-order valence-corrected chi connectivity index (χ4v) is 2.42. The molecule has 2 N–H and O–H groups in total. The minimum Gasteiger partial charge on any atom is -0.497 e. The molecule has 1 aliphatic carbocycles. The van der Waals surface area contributed by atoms with Gasteiger partial charge in [-0.3, -0.25) is 0 Å². The molecule has 0 amide bonds. The van der Waals surface area contributed by atoms with Crippen LogP contribution in [0.3, 0.4) is 0 Å². The minimum absolute atomic E-state index is 0.279. The average Bonchev–Trinajstić information content (AvgIpc) is 2.74. The molecule has 1 aliphatic rings. The van der Waals surface area contributed by atoms with E-state index in [4.69, 9.17) is 12.5 Å². The lowest BCUT2D eigenvalue weighted by Gasteiger charge is -2.18. The Balaban J connectivity index is 1.92. The second-order valence-corrected chi connectivity index (χ2v) is 5.18. The first kappa shape index (κ1) is 15.7. The number of aliphatic hydroxyl groups excluding tert-OH is 2. The molecule has 1 aromatic rings. The Bertz CT molecular complexity index is 459. The van der Waals surface area contributed by atoms with E-state index in [9.17, 15) is 10.2 Å². The van der Waals surface area contributed by atoms with Gasteiger partial charge < -0.3 is 22.8 Å². The van der Waals surface area contributed by atoms with E-state index < -0.39 is 18.3 Å². The highest BCUT2D eigenvalue weighted by molar-refractivity contribution is 14.1. The number of ether oxygens (including phenoxy) is 2. The molecule has 1 unspecified atom stereocenters. The van der Waals surface area contributed by atoms with Crippen LogP contribution in [0.5, 0.6) is 5.75 Å². The van der Waals surface area contributed by atoms with Crippen molar-refractivity contribution in [3.63, 3.8) is 0 Å². The maximum Gasteiger partial charge on any atom is 0.118 e. The first-order valence-electron chi connectivity index (χ1n) is 6.20. The molecule has 0 saturated carbocycles. The highest BCUT2D eigenvalue weighted by Crippen LogP contribution is 2.24. The van der Waals surface area contributed by atoms with E-state index in [2.05, 4.69) is 0 Å². The third-order valence-electron chi connectivity index (χ3n) is 3.24. The highest BCUT2D eigenvalue weighted by Gasteiger charge is 2.35. The van der Waals surface area contributed by atoms with Gasteiger partial charge >= 0.3 is 0 Å². The summed E-state index contributed by atoms with van der Waals surface area (Å²) in [7, 11) is 1.61. The van der Waals surface area contributed by atoms with E-state index in [1.165, 1.54) is 0 Å². The van der Waals surface area contributed by atoms with Crippen molar-refractivity contribution in [2.75, 3.05) is 13.7 Å². The Kier molecular flexibility index (Phi) is 5.79. The third-order valence-corrected chi connectivity index (χ3v) is 3.55. The molecule has 20 heavy (non-hydrogen) atoms.